The van der Waals surface area contributed by atoms with Gasteiger partial charge in [-0.15, -0.1) is 0 Å². The minimum Gasteiger partial charge on any atom is -0.364 e. The summed E-state index contributed by atoms with van der Waals surface area (Å²) < 4.78 is 6.93. The van der Waals surface area contributed by atoms with Gasteiger partial charge < -0.3 is 4.52 Å². The van der Waals surface area contributed by atoms with Crippen molar-refractivity contribution in [3.05, 3.63) is 65.3 Å². The van der Waals surface area contributed by atoms with Crippen molar-refractivity contribution in [2.45, 2.75) is 33.4 Å². The molecule has 1 unspecified atom stereocenters. The summed E-state index contributed by atoms with van der Waals surface area (Å²) in [5, 5.41) is 8.58. The molecular formula is C18H22N4O. The molecule has 0 saturated heterocycles. The molecule has 0 saturated carbocycles. The van der Waals surface area contributed by atoms with Gasteiger partial charge in [0.2, 0.25) is 0 Å². The Balaban J connectivity index is 1.79. The van der Waals surface area contributed by atoms with Gasteiger partial charge in [0.05, 0.1) is 17.4 Å². The minimum atomic E-state index is 0.200. The number of nitrogens with zero attached hydrogens (tertiary/aromatic N) is 4. The summed E-state index contributed by atoms with van der Waals surface area (Å²) in [6, 6.07) is 12.7. The molecule has 0 aliphatic rings. The lowest BCUT2D eigenvalue weighted by Gasteiger charge is -2.23. The van der Waals surface area contributed by atoms with Crippen molar-refractivity contribution >= 4 is 0 Å². The molecule has 0 aliphatic heterocycles. The third kappa shape index (κ3) is 3.35. The van der Waals surface area contributed by atoms with Gasteiger partial charge in [0, 0.05) is 18.3 Å². The van der Waals surface area contributed by atoms with Crippen molar-refractivity contribution in [2.75, 3.05) is 7.05 Å². The first-order chi connectivity index (χ1) is 11.0. The fraction of sp³-hybridized carbons (Fsp3) is 0.333. The van der Waals surface area contributed by atoms with Gasteiger partial charge in [-0.05, 0) is 51.6 Å². The number of rotatable bonds is 5. The van der Waals surface area contributed by atoms with Gasteiger partial charge >= 0.3 is 0 Å². The predicted molar refractivity (Wildman–Crippen MR) is 89.4 cm³/mol. The minimum absolute atomic E-state index is 0.200. The van der Waals surface area contributed by atoms with Crippen LogP contribution in [-0.4, -0.2) is 26.9 Å². The van der Waals surface area contributed by atoms with Crippen molar-refractivity contribution in [3.8, 4) is 5.69 Å². The quantitative estimate of drug-likeness (QED) is 0.721. The standard InChI is InChI=1S/C18H22N4O/c1-13-10-14(2)22(19-13)17-7-5-6-16(11-17)12-21(4)15(3)18-8-9-23-20-18/h5-11,15H,12H2,1-4H3. The highest BCUT2D eigenvalue weighted by molar-refractivity contribution is 5.37. The zero-order valence-electron chi connectivity index (χ0n) is 14.0. The van der Waals surface area contributed by atoms with Crippen LogP contribution >= 0.6 is 0 Å². The van der Waals surface area contributed by atoms with Crippen LogP contribution in [0.4, 0.5) is 0 Å². The number of hydrogen-bond acceptors (Lipinski definition) is 4. The van der Waals surface area contributed by atoms with E-state index in [9.17, 15) is 0 Å². The summed E-state index contributed by atoms with van der Waals surface area (Å²) in [6.07, 6.45) is 1.61. The highest BCUT2D eigenvalue weighted by atomic mass is 16.5. The molecule has 0 spiro atoms. The van der Waals surface area contributed by atoms with Gasteiger partial charge in [-0.3, -0.25) is 4.90 Å². The van der Waals surface area contributed by atoms with Crippen molar-refractivity contribution in [1.29, 1.82) is 0 Å². The fourth-order valence-electron chi connectivity index (χ4n) is 2.76. The fourth-order valence-corrected chi connectivity index (χ4v) is 2.76. The van der Waals surface area contributed by atoms with E-state index in [-0.39, 0.29) is 6.04 Å². The third-order valence-corrected chi connectivity index (χ3v) is 4.14. The largest absolute Gasteiger partial charge is 0.364 e. The molecule has 0 aliphatic carbocycles. The summed E-state index contributed by atoms with van der Waals surface area (Å²) >= 11 is 0. The summed E-state index contributed by atoms with van der Waals surface area (Å²) in [6.45, 7) is 7.05. The third-order valence-electron chi connectivity index (χ3n) is 4.14. The van der Waals surface area contributed by atoms with E-state index in [4.69, 9.17) is 4.52 Å². The maximum Gasteiger partial charge on any atom is 0.124 e. The molecule has 0 bridgehead atoms. The monoisotopic (exact) mass is 310 g/mol. The van der Waals surface area contributed by atoms with E-state index in [1.807, 2.05) is 17.7 Å². The Bertz CT molecular complexity index is 776. The second kappa shape index (κ2) is 6.38. The number of benzene rings is 1. The van der Waals surface area contributed by atoms with E-state index in [0.717, 1.165) is 29.3 Å². The normalized spacial score (nSPS) is 12.7. The van der Waals surface area contributed by atoms with E-state index in [0.29, 0.717) is 0 Å². The molecule has 3 aromatic rings. The number of hydrogen-bond donors (Lipinski definition) is 0. The van der Waals surface area contributed by atoms with Crippen LogP contribution in [0, 0.1) is 13.8 Å². The summed E-state index contributed by atoms with van der Waals surface area (Å²) in [4.78, 5) is 2.25. The lowest BCUT2D eigenvalue weighted by molar-refractivity contribution is 0.241. The highest BCUT2D eigenvalue weighted by Crippen LogP contribution is 2.20. The van der Waals surface area contributed by atoms with Gasteiger partial charge in [0.15, 0.2) is 0 Å². The first kappa shape index (κ1) is 15.5. The maximum atomic E-state index is 4.94. The average Bonchev–Trinajstić information content (AvgIpc) is 3.16. The SMILES string of the molecule is Cc1cc(C)n(-c2cccc(CN(C)C(C)c3ccon3)c2)n1. The molecular weight excluding hydrogens is 288 g/mol. The van der Waals surface area contributed by atoms with Crippen molar-refractivity contribution in [2.24, 2.45) is 0 Å². The molecule has 0 N–H and O–H groups in total. The lowest BCUT2D eigenvalue weighted by Crippen LogP contribution is -2.22. The Labute approximate surface area is 136 Å². The van der Waals surface area contributed by atoms with Crippen molar-refractivity contribution < 1.29 is 4.52 Å². The number of aromatic nitrogens is 3. The van der Waals surface area contributed by atoms with E-state index < -0.39 is 0 Å². The predicted octanol–water partition coefficient (Wildman–Crippen LogP) is 3.67. The van der Waals surface area contributed by atoms with Crippen LogP contribution < -0.4 is 0 Å². The topological polar surface area (TPSA) is 47.1 Å². The maximum absolute atomic E-state index is 4.94. The zero-order chi connectivity index (χ0) is 16.4. The van der Waals surface area contributed by atoms with Crippen LogP contribution in [0.2, 0.25) is 0 Å². The van der Waals surface area contributed by atoms with Gasteiger partial charge in [0.1, 0.15) is 12.0 Å². The van der Waals surface area contributed by atoms with E-state index in [2.05, 4.69) is 66.4 Å². The molecule has 2 aromatic heterocycles. The summed E-state index contributed by atoms with van der Waals surface area (Å²) in [7, 11) is 2.09. The van der Waals surface area contributed by atoms with Crippen molar-refractivity contribution in [3.63, 3.8) is 0 Å². The van der Waals surface area contributed by atoms with Crippen LogP contribution in [0.25, 0.3) is 5.69 Å². The molecule has 23 heavy (non-hydrogen) atoms. The Kier molecular flexibility index (Phi) is 4.30. The first-order valence-electron chi connectivity index (χ1n) is 7.77. The number of aryl methyl sites for hydroxylation is 2. The lowest BCUT2D eigenvalue weighted by atomic mass is 10.1. The van der Waals surface area contributed by atoms with Crippen LogP contribution in [0.1, 0.15) is 35.6 Å². The van der Waals surface area contributed by atoms with Crippen LogP contribution in [0.5, 0.6) is 0 Å². The van der Waals surface area contributed by atoms with Gasteiger partial charge in [-0.1, -0.05) is 17.3 Å². The Morgan fingerprint density at radius 2 is 2.04 bits per heavy atom. The van der Waals surface area contributed by atoms with E-state index in [1.54, 1.807) is 6.26 Å². The summed E-state index contributed by atoms with van der Waals surface area (Å²) in [5.74, 6) is 0. The molecule has 5 nitrogen and oxygen atoms in total. The molecule has 120 valence electrons. The van der Waals surface area contributed by atoms with Crippen LogP contribution in [0.3, 0.4) is 0 Å². The molecule has 0 amide bonds. The Morgan fingerprint density at radius 1 is 1.22 bits per heavy atom. The second-order valence-corrected chi connectivity index (χ2v) is 6.02. The van der Waals surface area contributed by atoms with Gasteiger partial charge in [-0.25, -0.2) is 4.68 Å². The Hall–Kier alpha value is -2.40. The smallest absolute Gasteiger partial charge is 0.124 e. The molecule has 0 fully saturated rings. The molecule has 1 aromatic carbocycles. The second-order valence-electron chi connectivity index (χ2n) is 6.02. The van der Waals surface area contributed by atoms with Crippen LogP contribution in [0.15, 0.2) is 47.2 Å². The van der Waals surface area contributed by atoms with E-state index in [1.165, 1.54) is 5.56 Å². The van der Waals surface area contributed by atoms with Crippen LogP contribution in [-0.2, 0) is 6.54 Å². The summed E-state index contributed by atoms with van der Waals surface area (Å²) in [5.41, 5.74) is 5.46. The molecule has 2 heterocycles. The van der Waals surface area contributed by atoms with Crippen molar-refractivity contribution in [1.82, 2.24) is 19.8 Å². The van der Waals surface area contributed by atoms with Gasteiger partial charge in [0.25, 0.3) is 0 Å². The first-order valence-corrected chi connectivity index (χ1v) is 7.77. The van der Waals surface area contributed by atoms with E-state index >= 15 is 0 Å². The molecule has 5 heteroatoms. The van der Waals surface area contributed by atoms with Gasteiger partial charge in [-0.2, -0.15) is 5.10 Å². The molecule has 3 rings (SSSR count). The molecule has 1 atom stereocenters. The molecule has 0 radical (unpaired) electrons. The average molecular weight is 310 g/mol. The zero-order valence-corrected chi connectivity index (χ0v) is 14.0. The highest BCUT2D eigenvalue weighted by Gasteiger charge is 2.15. The Morgan fingerprint density at radius 3 is 2.70 bits per heavy atom.